The molecular formula is C14H24N2. The van der Waals surface area contributed by atoms with E-state index in [4.69, 9.17) is 0 Å². The van der Waals surface area contributed by atoms with Crippen LogP contribution in [0.5, 0.6) is 0 Å². The Morgan fingerprint density at radius 3 is 3.00 bits per heavy atom. The van der Waals surface area contributed by atoms with Crippen LogP contribution in [0.4, 0.5) is 0 Å². The van der Waals surface area contributed by atoms with E-state index < -0.39 is 0 Å². The van der Waals surface area contributed by atoms with Gasteiger partial charge in [-0.05, 0) is 51.1 Å². The highest BCUT2D eigenvalue weighted by Gasteiger charge is 2.53. The molecular weight excluding hydrogens is 196 g/mol. The van der Waals surface area contributed by atoms with Crippen LogP contribution in [0, 0.1) is 5.41 Å². The molecule has 0 radical (unpaired) electrons. The van der Waals surface area contributed by atoms with Gasteiger partial charge in [0, 0.05) is 18.3 Å². The summed E-state index contributed by atoms with van der Waals surface area (Å²) in [5.74, 6) is 0. The predicted octanol–water partition coefficient (Wildman–Crippen LogP) is 2.54. The number of hydrogen-bond acceptors (Lipinski definition) is 2. The molecule has 1 aliphatic heterocycles. The number of hydrogen-bond donors (Lipinski definition) is 1. The standard InChI is InChI=1S/C14H24N2/c1-4-8-16-9-5-6-14(7-10-16)11-13(14)15-12(2)3/h4,13,15H,1-2,5-11H2,3H3. The molecule has 2 fully saturated rings. The summed E-state index contributed by atoms with van der Waals surface area (Å²) < 4.78 is 0. The minimum Gasteiger partial charge on any atom is -0.386 e. The molecule has 2 aliphatic rings. The largest absolute Gasteiger partial charge is 0.386 e. The lowest BCUT2D eigenvalue weighted by Gasteiger charge is -2.18. The van der Waals surface area contributed by atoms with Crippen molar-refractivity contribution in [2.45, 2.75) is 38.6 Å². The molecule has 0 amide bonds. The SMILES string of the molecule is C=CCN1CCCC2(CC1)CC2NC(=C)C. The molecule has 2 nitrogen and oxygen atoms in total. The van der Waals surface area contributed by atoms with Crippen LogP contribution in [0.2, 0.25) is 0 Å². The number of nitrogens with one attached hydrogen (secondary N) is 1. The van der Waals surface area contributed by atoms with Crippen molar-refractivity contribution in [1.82, 2.24) is 10.2 Å². The summed E-state index contributed by atoms with van der Waals surface area (Å²) in [5, 5.41) is 3.52. The summed E-state index contributed by atoms with van der Waals surface area (Å²) in [6.45, 7) is 13.4. The Morgan fingerprint density at radius 2 is 2.31 bits per heavy atom. The number of allylic oxidation sites excluding steroid dienone is 1. The fraction of sp³-hybridized carbons (Fsp3) is 0.714. The quantitative estimate of drug-likeness (QED) is 0.732. The maximum atomic E-state index is 3.95. The van der Waals surface area contributed by atoms with Gasteiger partial charge in [0.05, 0.1) is 0 Å². The van der Waals surface area contributed by atoms with Crippen LogP contribution in [0.1, 0.15) is 32.6 Å². The molecule has 90 valence electrons. The summed E-state index contributed by atoms with van der Waals surface area (Å²) in [7, 11) is 0. The second-order valence-electron chi connectivity index (χ2n) is 5.49. The molecule has 2 unspecified atom stereocenters. The fourth-order valence-corrected chi connectivity index (χ4v) is 3.04. The second kappa shape index (κ2) is 4.62. The molecule has 1 spiro atoms. The van der Waals surface area contributed by atoms with Crippen molar-refractivity contribution in [3.05, 3.63) is 24.9 Å². The summed E-state index contributed by atoms with van der Waals surface area (Å²) in [6, 6.07) is 0.702. The molecule has 2 rings (SSSR count). The van der Waals surface area contributed by atoms with Crippen LogP contribution in [0.3, 0.4) is 0 Å². The van der Waals surface area contributed by atoms with Gasteiger partial charge in [0.15, 0.2) is 0 Å². The van der Waals surface area contributed by atoms with Gasteiger partial charge >= 0.3 is 0 Å². The number of likely N-dealkylation sites (tertiary alicyclic amines) is 1. The fourth-order valence-electron chi connectivity index (χ4n) is 3.04. The molecule has 2 atom stereocenters. The second-order valence-corrected chi connectivity index (χ2v) is 5.49. The maximum absolute atomic E-state index is 3.95. The summed E-state index contributed by atoms with van der Waals surface area (Å²) >= 11 is 0. The highest BCUT2D eigenvalue weighted by molar-refractivity contribution is 5.12. The third-order valence-corrected chi connectivity index (χ3v) is 4.07. The maximum Gasteiger partial charge on any atom is 0.0321 e. The van der Waals surface area contributed by atoms with Gasteiger partial charge in [-0.1, -0.05) is 12.7 Å². The highest BCUT2D eigenvalue weighted by Crippen LogP contribution is 2.54. The zero-order valence-electron chi connectivity index (χ0n) is 10.5. The van der Waals surface area contributed by atoms with Gasteiger partial charge in [0.25, 0.3) is 0 Å². The molecule has 1 aliphatic carbocycles. The first-order chi connectivity index (χ1) is 7.66. The van der Waals surface area contributed by atoms with E-state index in [1.54, 1.807) is 0 Å². The van der Waals surface area contributed by atoms with Crippen molar-refractivity contribution >= 4 is 0 Å². The van der Waals surface area contributed by atoms with E-state index in [0.717, 1.165) is 12.2 Å². The first-order valence-electron chi connectivity index (χ1n) is 6.41. The third-order valence-electron chi connectivity index (χ3n) is 4.07. The van der Waals surface area contributed by atoms with Crippen molar-refractivity contribution in [2.24, 2.45) is 5.41 Å². The molecule has 0 aromatic carbocycles. The molecule has 0 aromatic rings. The van der Waals surface area contributed by atoms with E-state index in [1.165, 1.54) is 38.8 Å². The van der Waals surface area contributed by atoms with Gasteiger partial charge in [-0.15, -0.1) is 6.58 Å². The summed E-state index contributed by atoms with van der Waals surface area (Å²) in [4.78, 5) is 2.53. The number of rotatable bonds is 4. The molecule has 0 aromatic heterocycles. The third kappa shape index (κ3) is 2.49. The van der Waals surface area contributed by atoms with Crippen LogP contribution < -0.4 is 5.32 Å². The van der Waals surface area contributed by atoms with Gasteiger partial charge in [0.2, 0.25) is 0 Å². The molecule has 0 bridgehead atoms. The van der Waals surface area contributed by atoms with E-state index >= 15 is 0 Å². The van der Waals surface area contributed by atoms with Gasteiger partial charge < -0.3 is 5.32 Å². The topological polar surface area (TPSA) is 15.3 Å². The lowest BCUT2D eigenvalue weighted by Crippen LogP contribution is -2.26. The Labute approximate surface area is 99.4 Å². The minimum atomic E-state index is 0.592. The van der Waals surface area contributed by atoms with Crippen molar-refractivity contribution < 1.29 is 0 Å². The van der Waals surface area contributed by atoms with Gasteiger partial charge in [-0.3, -0.25) is 4.90 Å². The average molecular weight is 220 g/mol. The summed E-state index contributed by atoms with van der Waals surface area (Å²) in [6.07, 6.45) is 7.43. The van der Waals surface area contributed by atoms with E-state index in [9.17, 15) is 0 Å². The van der Waals surface area contributed by atoms with Gasteiger partial charge in [-0.2, -0.15) is 0 Å². The first-order valence-corrected chi connectivity index (χ1v) is 6.41. The van der Waals surface area contributed by atoms with E-state index in [-0.39, 0.29) is 0 Å². The Morgan fingerprint density at radius 1 is 1.50 bits per heavy atom. The monoisotopic (exact) mass is 220 g/mol. The Balaban J connectivity index is 1.85. The smallest absolute Gasteiger partial charge is 0.0321 e. The molecule has 2 heteroatoms. The summed E-state index contributed by atoms with van der Waals surface area (Å²) in [5.41, 5.74) is 1.71. The Bertz CT molecular complexity index is 284. The minimum absolute atomic E-state index is 0.592. The van der Waals surface area contributed by atoms with Crippen LogP contribution >= 0.6 is 0 Å². The van der Waals surface area contributed by atoms with Gasteiger partial charge in [-0.25, -0.2) is 0 Å². The van der Waals surface area contributed by atoms with Crippen molar-refractivity contribution in [2.75, 3.05) is 19.6 Å². The average Bonchev–Trinajstić information content (AvgIpc) is 2.91. The molecule has 1 saturated heterocycles. The van der Waals surface area contributed by atoms with E-state index in [2.05, 4.69) is 30.3 Å². The van der Waals surface area contributed by atoms with E-state index in [0.29, 0.717) is 11.5 Å². The highest BCUT2D eigenvalue weighted by atomic mass is 15.1. The lowest BCUT2D eigenvalue weighted by atomic mass is 9.96. The Kier molecular flexibility index (Phi) is 3.38. The van der Waals surface area contributed by atoms with Crippen molar-refractivity contribution in [3.63, 3.8) is 0 Å². The van der Waals surface area contributed by atoms with Crippen LogP contribution in [0.25, 0.3) is 0 Å². The van der Waals surface area contributed by atoms with E-state index in [1.807, 2.05) is 6.08 Å². The molecule has 1 N–H and O–H groups in total. The van der Waals surface area contributed by atoms with Crippen molar-refractivity contribution in [3.8, 4) is 0 Å². The van der Waals surface area contributed by atoms with Crippen LogP contribution in [0.15, 0.2) is 24.9 Å². The molecule has 1 heterocycles. The number of nitrogens with zero attached hydrogens (tertiary/aromatic N) is 1. The zero-order valence-corrected chi connectivity index (χ0v) is 10.5. The normalized spacial score (nSPS) is 34.4. The first kappa shape index (κ1) is 11.7. The van der Waals surface area contributed by atoms with Crippen LogP contribution in [-0.2, 0) is 0 Å². The molecule has 16 heavy (non-hydrogen) atoms. The predicted molar refractivity (Wildman–Crippen MR) is 69.3 cm³/mol. The molecule has 1 saturated carbocycles. The lowest BCUT2D eigenvalue weighted by molar-refractivity contribution is 0.305. The van der Waals surface area contributed by atoms with Crippen molar-refractivity contribution in [1.29, 1.82) is 0 Å². The Hall–Kier alpha value is -0.760. The van der Waals surface area contributed by atoms with Gasteiger partial charge in [0.1, 0.15) is 0 Å². The van der Waals surface area contributed by atoms with Crippen LogP contribution in [-0.4, -0.2) is 30.6 Å². The zero-order chi connectivity index (χ0) is 11.6.